The molecule has 0 unspecified atom stereocenters. The molecule has 28 heavy (non-hydrogen) atoms. The maximum Gasteiger partial charge on any atom is 0.416 e. The van der Waals surface area contributed by atoms with E-state index in [1.165, 1.54) is 18.2 Å². The Bertz CT molecular complexity index is 994. The van der Waals surface area contributed by atoms with Gasteiger partial charge in [-0.3, -0.25) is 9.10 Å². The summed E-state index contributed by atoms with van der Waals surface area (Å²) < 4.78 is 63.6. The van der Waals surface area contributed by atoms with E-state index >= 15 is 0 Å². The number of nitrogens with zero attached hydrogens (tertiary/aromatic N) is 1. The van der Waals surface area contributed by atoms with Crippen LogP contribution in [0.4, 0.5) is 24.5 Å². The van der Waals surface area contributed by atoms with Gasteiger partial charge in [0.05, 0.1) is 38.3 Å². The summed E-state index contributed by atoms with van der Waals surface area (Å²) in [7, 11) is -4.16. The van der Waals surface area contributed by atoms with Crippen molar-refractivity contribution < 1.29 is 26.4 Å². The van der Waals surface area contributed by atoms with Gasteiger partial charge < -0.3 is 5.32 Å². The number of alkyl halides is 3. The van der Waals surface area contributed by atoms with Gasteiger partial charge in [0.1, 0.15) is 6.54 Å². The van der Waals surface area contributed by atoms with Gasteiger partial charge in [-0.05, 0) is 30.3 Å². The number of carbonyl (C=O) groups excluding carboxylic acids is 1. The van der Waals surface area contributed by atoms with Crippen LogP contribution < -0.4 is 9.62 Å². The van der Waals surface area contributed by atoms with E-state index in [0.717, 1.165) is 12.3 Å². The molecule has 5 nitrogen and oxygen atoms in total. The average Bonchev–Trinajstić information content (AvgIpc) is 2.55. The van der Waals surface area contributed by atoms with E-state index in [0.29, 0.717) is 16.4 Å². The van der Waals surface area contributed by atoms with E-state index < -0.39 is 39.9 Å². The largest absolute Gasteiger partial charge is 0.416 e. The molecule has 2 rings (SSSR count). The Morgan fingerprint density at radius 3 is 2.14 bits per heavy atom. The second kappa shape index (κ2) is 8.36. The predicted molar refractivity (Wildman–Crippen MR) is 104 cm³/mol. The molecular weight excluding hydrogens is 464 g/mol. The molecule has 0 radical (unpaired) electrons. The number of sulfonamides is 1. The fourth-order valence-electron chi connectivity index (χ4n) is 2.19. The van der Waals surface area contributed by atoms with Crippen molar-refractivity contribution in [1.82, 2.24) is 0 Å². The van der Waals surface area contributed by atoms with Gasteiger partial charge in [0, 0.05) is 0 Å². The third-order valence-electron chi connectivity index (χ3n) is 3.46. The predicted octanol–water partition coefficient (Wildman–Crippen LogP) is 5.07. The van der Waals surface area contributed by atoms with Gasteiger partial charge >= 0.3 is 6.18 Å². The highest BCUT2D eigenvalue weighted by atomic mass is 35.5. The van der Waals surface area contributed by atoms with Crippen LogP contribution in [0.15, 0.2) is 36.4 Å². The van der Waals surface area contributed by atoms with Crippen LogP contribution in [-0.4, -0.2) is 27.1 Å². The SMILES string of the molecule is CS(=O)(=O)N(CC(=O)Nc1c(Cl)cccc1Cl)c1cc(C(F)(F)F)ccc1Cl. The minimum atomic E-state index is -4.73. The van der Waals surface area contributed by atoms with E-state index in [1.54, 1.807) is 0 Å². The number of anilines is 2. The molecule has 0 fully saturated rings. The molecule has 1 amide bonds. The zero-order chi connectivity index (χ0) is 21.3. The molecule has 0 bridgehead atoms. The number of nitrogens with one attached hydrogen (secondary N) is 1. The standard InChI is InChI=1S/C16H12Cl3F3N2O3S/c1-28(26,27)24(13-7-9(16(20,21)22)5-6-10(13)17)8-14(25)23-15-11(18)3-2-4-12(15)19/h2-7H,8H2,1H3,(H,23,25). The summed E-state index contributed by atoms with van der Waals surface area (Å²) in [6, 6.07) is 6.59. The topological polar surface area (TPSA) is 66.5 Å². The lowest BCUT2D eigenvalue weighted by Gasteiger charge is -2.24. The van der Waals surface area contributed by atoms with Crippen LogP contribution in [0.1, 0.15) is 5.56 Å². The van der Waals surface area contributed by atoms with Crippen molar-refractivity contribution in [3.05, 3.63) is 57.0 Å². The molecule has 152 valence electrons. The fourth-order valence-corrected chi connectivity index (χ4v) is 3.81. The molecule has 0 aromatic heterocycles. The van der Waals surface area contributed by atoms with Gasteiger partial charge in [-0.1, -0.05) is 40.9 Å². The Morgan fingerprint density at radius 1 is 1.07 bits per heavy atom. The first-order chi connectivity index (χ1) is 12.8. The Morgan fingerprint density at radius 2 is 1.64 bits per heavy atom. The summed E-state index contributed by atoms with van der Waals surface area (Å²) in [5.74, 6) is -0.881. The summed E-state index contributed by atoms with van der Waals surface area (Å²) in [5, 5.41) is 2.27. The maximum atomic E-state index is 13.0. The molecule has 0 spiro atoms. The lowest BCUT2D eigenvalue weighted by atomic mass is 10.2. The van der Waals surface area contributed by atoms with Crippen LogP contribution in [0.5, 0.6) is 0 Å². The van der Waals surface area contributed by atoms with Crippen molar-refractivity contribution in [3.8, 4) is 0 Å². The number of benzene rings is 2. The Hall–Kier alpha value is -1.68. The minimum absolute atomic E-state index is 0.0411. The van der Waals surface area contributed by atoms with Gasteiger partial charge in [-0.25, -0.2) is 8.42 Å². The molecule has 0 heterocycles. The van der Waals surface area contributed by atoms with Gasteiger partial charge in [0.2, 0.25) is 15.9 Å². The third kappa shape index (κ3) is 5.44. The average molecular weight is 476 g/mol. The zero-order valence-electron chi connectivity index (χ0n) is 14.0. The van der Waals surface area contributed by atoms with Crippen LogP contribution in [0.3, 0.4) is 0 Å². The Balaban J connectivity index is 2.40. The number of halogens is 6. The van der Waals surface area contributed by atoms with E-state index in [1.807, 2.05) is 0 Å². The Kier molecular flexibility index (Phi) is 6.75. The monoisotopic (exact) mass is 474 g/mol. The summed E-state index contributed by atoms with van der Waals surface area (Å²) in [4.78, 5) is 12.3. The van der Waals surface area contributed by atoms with E-state index in [-0.39, 0.29) is 20.8 Å². The molecule has 0 saturated heterocycles. The molecule has 0 atom stereocenters. The van der Waals surface area contributed by atoms with Crippen LogP contribution >= 0.6 is 34.8 Å². The molecular formula is C16H12Cl3F3N2O3S. The molecule has 2 aromatic carbocycles. The fraction of sp³-hybridized carbons (Fsp3) is 0.188. The van der Waals surface area contributed by atoms with Gasteiger partial charge in [-0.2, -0.15) is 13.2 Å². The molecule has 1 N–H and O–H groups in total. The first-order valence-electron chi connectivity index (χ1n) is 7.39. The van der Waals surface area contributed by atoms with Gasteiger partial charge in [0.15, 0.2) is 0 Å². The Labute approximate surface area is 174 Å². The van der Waals surface area contributed by atoms with Gasteiger partial charge in [0.25, 0.3) is 0 Å². The molecule has 0 saturated carbocycles. The highest BCUT2D eigenvalue weighted by molar-refractivity contribution is 7.92. The van der Waals surface area contributed by atoms with Crippen LogP contribution in [0, 0.1) is 0 Å². The van der Waals surface area contributed by atoms with Crippen molar-refractivity contribution in [3.63, 3.8) is 0 Å². The highest BCUT2D eigenvalue weighted by Gasteiger charge is 2.33. The van der Waals surface area contributed by atoms with Crippen molar-refractivity contribution in [1.29, 1.82) is 0 Å². The third-order valence-corrected chi connectivity index (χ3v) is 5.53. The van der Waals surface area contributed by atoms with Crippen molar-refractivity contribution in [2.45, 2.75) is 6.18 Å². The first-order valence-corrected chi connectivity index (χ1v) is 10.4. The second-order valence-electron chi connectivity index (χ2n) is 5.58. The molecule has 2 aromatic rings. The molecule has 0 aliphatic heterocycles. The quantitative estimate of drug-likeness (QED) is 0.656. The minimum Gasteiger partial charge on any atom is -0.322 e. The first kappa shape index (κ1) is 22.6. The normalized spacial score (nSPS) is 12.0. The summed E-state index contributed by atoms with van der Waals surface area (Å²) in [5.41, 5.74) is -1.56. The molecule has 0 aliphatic carbocycles. The van der Waals surface area contributed by atoms with E-state index in [2.05, 4.69) is 5.32 Å². The van der Waals surface area contributed by atoms with Crippen molar-refractivity contribution in [2.75, 3.05) is 22.4 Å². The highest BCUT2D eigenvalue weighted by Crippen LogP contribution is 2.36. The number of carbonyl (C=O) groups is 1. The van der Waals surface area contributed by atoms with Crippen molar-refractivity contribution in [2.24, 2.45) is 0 Å². The number of hydrogen-bond acceptors (Lipinski definition) is 3. The smallest absolute Gasteiger partial charge is 0.322 e. The van der Waals surface area contributed by atoms with Crippen LogP contribution in [-0.2, 0) is 21.0 Å². The lowest BCUT2D eigenvalue weighted by molar-refractivity contribution is -0.137. The van der Waals surface area contributed by atoms with E-state index in [4.69, 9.17) is 34.8 Å². The van der Waals surface area contributed by atoms with Crippen LogP contribution in [0.2, 0.25) is 15.1 Å². The number of hydrogen-bond donors (Lipinski definition) is 1. The van der Waals surface area contributed by atoms with Crippen LogP contribution in [0.25, 0.3) is 0 Å². The summed E-state index contributed by atoms with van der Waals surface area (Å²) in [6.45, 7) is -0.846. The van der Waals surface area contributed by atoms with Gasteiger partial charge in [-0.15, -0.1) is 0 Å². The van der Waals surface area contributed by atoms with E-state index in [9.17, 15) is 26.4 Å². The number of rotatable bonds is 5. The molecule has 12 heteroatoms. The number of amides is 1. The van der Waals surface area contributed by atoms with Crippen molar-refractivity contribution >= 4 is 62.1 Å². The number of para-hydroxylation sites is 1. The zero-order valence-corrected chi connectivity index (χ0v) is 17.1. The maximum absolute atomic E-state index is 13.0. The molecule has 0 aliphatic rings. The lowest BCUT2D eigenvalue weighted by Crippen LogP contribution is -2.37. The summed E-state index contributed by atoms with van der Waals surface area (Å²) >= 11 is 17.8. The summed E-state index contributed by atoms with van der Waals surface area (Å²) in [6.07, 6.45) is -3.99. The second-order valence-corrected chi connectivity index (χ2v) is 8.71.